The van der Waals surface area contributed by atoms with Crippen molar-refractivity contribution in [3.8, 4) is 11.3 Å². The Bertz CT molecular complexity index is 550. The van der Waals surface area contributed by atoms with Gasteiger partial charge in [0.1, 0.15) is 15.7 Å². The van der Waals surface area contributed by atoms with E-state index in [0.29, 0.717) is 0 Å². The smallest absolute Gasteiger partial charge is 0.114 e. The molecule has 0 spiro atoms. The van der Waals surface area contributed by atoms with Crippen LogP contribution in [0.4, 0.5) is 5.00 Å². The molecule has 0 aliphatic carbocycles. The maximum absolute atomic E-state index is 6.15. The summed E-state index contributed by atoms with van der Waals surface area (Å²) in [6.07, 6.45) is 0.998. The molecule has 0 fully saturated rings. The zero-order valence-electron chi connectivity index (χ0n) is 11.4. The number of benzene rings is 1. The fourth-order valence-corrected chi connectivity index (χ4v) is 2.81. The van der Waals surface area contributed by atoms with Crippen LogP contribution in [0.3, 0.4) is 0 Å². The first-order chi connectivity index (χ1) is 8.43. The maximum atomic E-state index is 6.15. The molecule has 2 nitrogen and oxygen atoms in total. The van der Waals surface area contributed by atoms with E-state index in [1.807, 2.05) is 6.07 Å². The lowest BCUT2D eigenvalue weighted by Crippen LogP contribution is -2.10. The lowest BCUT2D eigenvalue weighted by Gasteiger charge is -2.13. The Morgan fingerprint density at radius 2 is 1.89 bits per heavy atom. The summed E-state index contributed by atoms with van der Waals surface area (Å²) in [5.74, 6) is 0. The predicted molar refractivity (Wildman–Crippen MR) is 80.0 cm³/mol. The van der Waals surface area contributed by atoms with Crippen molar-refractivity contribution in [2.75, 3.05) is 5.73 Å². The number of hydrogen-bond donors (Lipinski definition) is 1. The SMILES string of the molecule is CCc1ccccc1-c1nc(C(C)(C)C)sc1N. The summed E-state index contributed by atoms with van der Waals surface area (Å²) in [4.78, 5) is 4.75. The van der Waals surface area contributed by atoms with Gasteiger partial charge in [0.25, 0.3) is 0 Å². The minimum Gasteiger partial charge on any atom is -0.389 e. The molecule has 0 saturated carbocycles. The fraction of sp³-hybridized carbons (Fsp3) is 0.400. The molecule has 0 amide bonds. The topological polar surface area (TPSA) is 38.9 Å². The summed E-state index contributed by atoms with van der Waals surface area (Å²) < 4.78 is 0. The number of nitrogen functional groups attached to an aromatic ring is 1. The minimum absolute atomic E-state index is 0.0538. The zero-order valence-corrected chi connectivity index (χ0v) is 12.3. The van der Waals surface area contributed by atoms with E-state index in [-0.39, 0.29) is 5.41 Å². The Morgan fingerprint density at radius 3 is 2.44 bits per heavy atom. The number of aromatic nitrogens is 1. The van der Waals surface area contributed by atoms with E-state index in [9.17, 15) is 0 Å². The predicted octanol–water partition coefficient (Wildman–Crippen LogP) is 4.25. The molecule has 18 heavy (non-hydrogen) atoms. The first-order valence-electron chi connectivity index (χ1n) is 6.28. The van der Waals surface area contributed by atoms with Crippen LogP contribution in [-0.4, -0.2) is 4.98 Å². The average Bonchev–Trinajstić information content (AvgIpc) is 2.71. The van der Waals surface area contributed by atoms with Gasteiger partial charge in [-0.05, 0) is 12.0 Å². The molecular weight excluding hydrogens is 240 g/mol. The third kappa shape index (κ3) is 2.41. The Kier molecular flexibility index (Phi) is 3.44. The Morgan fingerprint density at radius 1 is 1.22 bits per heavy atom. The van der Waals surface area contributed by atoms with Gasteiger partial charge in [0, 0.05) is 11.0 Å². The van der Waals surface area contributed by atoms with Crippen molar-refractivity contribution in [2.45, 2.75) is 39.5 Å². The Hall–Kier alpha value is -1.35. The van der Waals surface area contributed by atoms with Gasteiger partial charge in [-0.25, -0.2) is 4.98 Å². The molecular formula is C15H20N2S. The molecule has 0 aliphatic heterocycles. The summed E-state index contributed by atoms with van der Waals surface area (Å²) in [6.45, 7) is 8.66. The Balaban J connectivity index is 2.55. The van der Waals surface area contributed by atoms with Crippen LogP contribution in [0.25, 0.3) is 11.3 Å². The second-order valence-corrected chi connectivity index (χ2v) is 6.52. The maximum Gasteiger partial charge on any atom is 0.114 e. The van der Waals surface area contributed by atoms with Gasteiger partial charge in [0.2, 0.25) is 0 Å². The van der Waals surface area contributed by atoms with E-state index >= 15 is 0 Å². The number of rotatable bonds is 2. The largest absolute Gasteiger partial charge is 0.389 e. The quantitative estimate of drug-likeness (QED) is 0.876. The van der Waals surface area contributed by atoms with Crippen molar-refractivity contribution in [1.29, 1.82) is 0 Å². The van der Waals surface area contributed by atoms with Crippen molar-refractivity contribution in [3.63, 3.8) is 0 Å². The van der Waals surface area contributed by atoms with E-state index in [0.717, 1.165) is 22.1 Å². The van der Waals surface area contributed by atoms with E-state index in [1.165, 1.54) is 11.1 Å². The third-order valence-corrected chi connectivity index (χ3v) is 4.26. The summed E-state index contributed by atoms with van der Waals surface area (Å²) >= 11 is 1.60. The number of anilines is 1. The molecule has 0 saturated heterocycles. The van der Waals surface area contributed by atoms with Crippen molar-refractivity contribution in [3.05, 3.63) is 34.8 Å². The summed E-state index contributed by atoms with van der Waals surface area (Å²) in [7, 11) is 0. The van der Waals surface area contributed by atoms with Gasteiger partial charge >= 0.3 is 0 Å². The zero-order chi connectivity index (χ0) is 13.3. The van der Waals surface area contributed by atoms with Gasteiger partial charge in [0.05, 0.1) is 0 Å². The molecule has 0 atom stereocenters. The second-order valence-electron chi connectivity index (χ2n) is 5.49. The van der Waals surface area contributed by atoms with Gasteiger partial charge < -0.3 is 5.73 Å². The van der Waals surface area contributed by atoms with Crippen molar-refractivity contribution >= 4 is 16.3 Å². The molecule has 1 aromatic heterocycles. The lowest BCUT2D eigenvalue weighted by molar-refractivity contribution is 0.586. The van der Waals surface area contributed by atoms with Crippen molar-refractivity contribution in [1.82, 2.24) is 4.98 Å². The lowest BCUT2D eigenvalue weighted by atomic mass is 9.98. The number of thiazole rings is 1. The monoisotopic (exact) mass is 260 g/mol. The van der Waals surface area contributed by atoms with E-state index < -0.39 is 0 Å². The molecule has 2 rings (SSSR count). The van der Waals surface area contributed by atoms with Gasteiger partial charge in [-0.3, -0.25) is 0 Å². The van der Waals surface area contributed by atoms with Crippen LogP contribution in [-0.2, 0) is 11.8 Å². The van der Waals surface area contributed by atoms with Crippen LogP contribution in [0.2, 0.25) is 0 Å². The highest BCUT2D eigenvalue weighted by molar-refractivity contribution is 7.16. The highest BCUT2D eigenvalue weighted by atomic mass is 32.1. The standard InChI is InChI=1S/C15H20N2S/c1-5-10-8-6-7-9-11(10)12-13(16)18-14(17-12)15(2,3)4/h6-9H,5,16H2,1-4H3. The molecule has 0 unspecified atom stereocenters. The molecule has 2 aromatic rings. The van der Waals surface area contributed by atoms with E-state index in [2.05, 4.69) is 45.9 Å². The fourth-order valence-electron chi connectivity index (χ4n) is 1.91. The highest BCUT2D eigenvalue weighted by Crippen LogP contribution is 2.37. The summed E-state index contributed by atoms with van der Waals surface area (Å²) in [5, 5.41) is 1.92. The normalized spacial score (nSPS) is 11.8. The average molecular weight is 260 g/mol. The Labute approximate surface area is 113 Å². The summed E-state index contributed by atoms with van der Waals surface area (Å²) in [5.41, 5.74) is 9.62. The van der Waals surface area contributed by atoms with Gasteiger partial charge in [-0.2, -0.15) is 0 Å². The van der Waals surface area contributed by atoms with E-state index in [4.69, 9.17) is 10.7 Å². The first-order valence-corrected chi connectivity index (χ1v) is 7.10. The van der Waals surface area contributed by atoms with Gasteiger partial charge in [-0.15, -0.1) is 11.3 Å². The molecule has 2 N–H and O–H groups in total. The van der Waals surface area contributed by atoms with Crippen LogP contribution in [0.15, 0.2) is 24.3 Å². The second kappa shape index (κ2) is 4.73. The molecule has 1 heterocycles. The molecule has 0 bridgehead atoms. The van der Waals surface area contributed by atoms with Crippen LogP contribution < -0.4 is 5.73 Å². The van der Waals surface area contributed by atoms with Gasteiger partial charge in [-0.1, -0.05) is 52.0 Å². The number of nitrogens with zero attached hydrogens (tertiary/aromatic N) is 1. The minimum atomic E-state index is 0.0538. The highest BCUT2D eigenvalue weighted by Gasteiger charge is 2.21. The van der Waals surface area contributed by atoms with Crippen LogP contribution in [0.1, 0.15) is 38.3 Å². The van der Waals surface area contributed by atoms with Gasteiger partial charge in [0.15, 0.2) is 0 Å². The van der Waals surface area contributed by atoms with Crippen molar-refractivity contribution in [2.24, 2.45) is 0 Å². The molecule has 96 valence electrons. The van der Waals surface area contributed by atoms with Crippen LogP contribution in [0, 0.1) is 0 Å². The summed E-state index contributed by atoms with van der Waals surface area (Å²) in [6, 6.07) is 8.36. The molecule has 0 radical (unpaired) electrons. The van der Waals surface area contributed by atoms with Crippen molar-refractivity contribution < 1.29 is 0 Å². The third-order valence-electron chi connectivity index (χ3n) is 2.95. The number of aryl methyl sites for hydroxylation is 1. The van der Waals surface area contributed by atoms with Crippen LogP contribution in [0.5, 0.6) is 0 Å². The number of hydrogen-bond acceptors (Lipinski definition) is 3. The van der Waals surface area contributed by atoms with Crippen LogP contribution >= 0.6 is 11.3 Å². The number of nitrogens with two attached hydrogens (primary N) is 1. The molecule has 1 aromatic carbocycles. The van der Waals surface area contributed by atoms with E-state index in [1.54, 1.807) is 11.3 Å². The first kappa shape index (κ1) is 13.1. The molecule has 0 aliphatic rings. The molecule has 3 heteroatoms.